The molecule has 0 aliphatic carbocycles. The summed E-state index contributed by atoms with van der Waals surface area (Å²) < 4.78 is 7.07. The van der Waals surface area contributed by atoms with Crippen molar-refractivity contribution in [1.29, 1.82) is 0 Å². The van der Waals surface area contributed by atoms with Crippen molar-refractivity contribution in [2.75, 3.05) is 46.9 Å². The number of methoxy groups -OCH3 is 1. The van der Waals surface area contributed by atoms with Gasteiger partial charge in [-0.25, -0.2) is 4.98 Å². The van der Waals surface area contributed by atoms with Crippen molar-refractivity contribution >= 4 is 35.8 Å². The minimum absolute atomic E-state index is 0. The average Bonchev–Trinajstić information content (AvgIpc) is 3.11. The highest BCUT2D eigenvalue weighted by Crippen LogP contribution is 2.27. The van der Waals surface area contributed by atoms with Crippen LogP contribution in [0.4, 0.5) is 0 Å². The van der Waals surface area contributed by atoms with Gasteiger partial charge in [0.05, 0.1) is 25.5 Å². The van der Waals surface area contributed by atoms with E-state index in [1.807, 2.05) is 18.7 Å². The van der Waals surface area contributed by atoms with Crippen LogP contribution in [0.2, 0.25) is 0 Å². The number of hydrogen-bond donors (Lipinski definition) is 2. The molecule has 142 valence electrons. The maximum atomic E-state index is 11.8. The van der Waals surface area contributed by atoms with Crippen molar-refractivity contribution in [3.63, 3.8) is 0 Å². The first-order valence-electron chi connectivity index (χ1n) is 8.34. The van der Waals surface area contributed by atoms with Crippen LogP contribution >= 0.6 is 24.0 Å². The lowest BCUT2D eigenvalue weighted by atomic mass is 9.93. The fourth-order valence-electron chi connectivity index (χ4n) is 2.94. The maximum Gasteiger partial charge on any atom is 0.239 e. The lowest BCUT2D eigenvalue weighted by Crippen LogP contribution is -2.50. The molecule has 1 aromatic rings. The Hall–Kier alpha value is -1.36. The van der Waals surface area contributed by atoms with Crippen LogP contribution < -0.4 is 10.6 Å². The predicted molar refractivity (Wildman–Crippen MR) is 108 cm³/mol. The Morgan fingerprint density at radius 2 is 2.24 bits per heavy atom. The Morgan fingerprint density at radius 3 is 2.88 bits per heavy atom. The van der Waals surface area contributed by atoms with Crippen molar-refractivity contribution in [3.8, 4) is 0 Å². The summed E-state index contributed by atoms with van der Waals surface area (Å²) in [6.45, 7) is 5.27. The van der Waals surface area contributed by atoms with Gasteiger partial charge in [0.2, 0.25) is 5.91 Å². The van der Waals surface area contributed by atoms with Gasteiger partial charge in [0.15, 0.2) is 5.96 Å². The topological polar surface area (TPSA) is 83.8 Å². The fourth-order valence-corrected chi connectivity index (χ4v) is 2.94. The van der Waals surface area contributed by atoms with Crippen molar-refractivity contribution < 1.29 is 9.53 Å². The molecule has 8 nitrogen and oxygen atoms in total. The van der Waals surface area contributed by atoms with Gasteiger partial charge >= 0.3 is 0 Å². The molecule has 2 heterocycles. The van der Waals surface area contributed by atoms with Crippen LogP contribution in [0.25, 0.3) is 0 Å². The SMILES string of the molecule is CN=C(NCC(=O)NCCOC)N1CCC(C)C(n2ccnc2)C1.I. The Kier molecular flexibility index (Phi) is 9.79. The summed E-state index contributed by atoms with van der Waals surface area (Å²) >= 11 is 0. The zero-order valence-corrected chi connectivity index (χ0v) is 17.5. The highest BCUT2D eigenvalue weighted by Gasteiger charge is 2.28. The second-order valence-electron chi connectivity index (χ2n) is 6.03. The number of rotatable bonds is 6. The molecule has 0 radical (unpaired) electrons. The molecule has 1 amide bonds. The zero-order chi connectivity index (χ0) is 17.4. The number of nitrogens with zero attached hydrogens (tertiary/aromatic N) is 4. The van der Waals surface area contributed by atoms with Gasteiger partial charge in [0.25, 0.3) is 0 Å². The van der Waals surface area contributed by atoms with E-state index in [9.17, 15) is 4.79 Å². The average molecular weight is 464 g/mol. The summed E-state index contributed by atoms with van der Waals surface area (Å²) in [5.41, 5.74) is 0. The van der Waals surface area contributed by atoms with Crippen molar-refractivity contribution in [1.82, 2.24) is 25.1 Å². The number of aromatic nitrogens is 2. The number of imidazole rings is 1. The Morgan fingerprint density at radius 1 is 1.44 bits per heavy atom. The third kappa shape index (κ3) is 6.46. The number of nitrogens with one attached hydrogen (secondary N) is 2. The van der Waals surface area contributed by atoms with Gasteiger partial charge in [-0.2, -0.15) is 0 Å². The number of carbonyl (C=O) groups excluding carboxylic acids is 1. The third-order valence-electron chi connectivity index (χ3n) is 4.37. The molecule has 1 aliphatic rings. The number of guanidine groups is 1. The first-order chi connectivity index (χ1) is 11.7. The van der Waals surface area contributed by atoms with Crippen LogP contribution in [-0.4, -0.2) is 73.3 Å². The summed E-state index contributed by atoms with van der Waals surface area (Å²) in [6, 6.07) is 0.357. The Labute approximate surface area is 166 Å². The number of hydrogen-bond acceptors (Lipinski definition) is 4. The van der Waals surface area contributed by atoms with Crippen LogP contribution in [0.15, 0.2) is 23.7 Å². The molecule has 9 heteroatoms. The van der Waals surface area contributed by atoms with E-state index in [0.29, 0.717) is 25.1 Å². The molecule has 1 fully saturated rings. The largest absolute Gasteiger partial charge is 0.383 e. The molecule has 25 heavy (non-hydrogen) atoms. The number of halogens is 1. The second-order valence-corrected chi connectivity index (χ2v) is 6.03. The molecule has 0 bridgehead atoms. The summed E-state index contributed by atoms with van der Waals surface area (Å²) in [5, 5.41) is 5.94. The van der Waals surface area contributed by atoms with Gasteiger partial charge in [-0.3, -0.25) is 9.79 Å². The van der Waals surface area contributed by atoms with Gasteiger partial charge in [0.1, 0.15) is 0 Å². The third-order valence-corrected chi connectivity index (χ3v) is 4.37. The summed E-state index contributed by atoms with van der Waals surface area (Å²) in [5.74, 6) is 1.27. The molecule has 0 aromatic carbocycles. The minimum Gasteiger partial charge on any atom is -0.383 e. The second kappa shape index (κ2) is 11.3. The molecular weight excluding hydrogens is 435 g/mol. The quantitative estimate of drug-likeness (QED) is 0.281. The van der Waals surface area contributed by atoms with E-state index in [0.717, 1.165) is 25.5 Å². The molecule has 2 unspecified atom stereocenters. The van der Waals surface area contributed by atoms with E-state index >= 15 is 0 Å². The molecule has 2 atom stereocenters. The highest BCUT2D eigenvalue weighted by molar-refractivity contribution is 14.0. The normalized spacial score (nSPS) is 20.8. The lowest BCUT2D eigenvalue weighted by Gasteiger charge is -2.39. The monoisotopic (exact) mass is 464 g/mol. The van der Waals surface area contributed by atoms with Gasteiger partial charge in [0, 0.05) is 46.2 Å². The molecule has 0 saturated carbocycles. The van der Waals surface area contributed by atoms with E-state index in [1.165, 1.54) is 0 Å². The standard InChI is InChI=1S/C16H28N6O2.HI/c1-13-4-7-21(11-14(13)22-8-5-18-12-22)16(17-2)20-10-15(23)19-6-9-24-3;/h5,8,12-14H,4,6-7,9-11H2,1-3H3,(H,17,20)(H,19,23);1H. The molecular formula is C16H29IN6O2. The summed E-state index contributed by atoms with van der Waals surface area (Å²) in [4.78, 5) is 22.5. The number of amides is 1. The van der Waals surface area contributed by atoms with Gasteiger partial charge in [-0.05, 0) is 12.3 Å². The fraction of sp³-hybridized carbons (Fsp3) is 0.688. The first-order valence-corrected chi connectivity index (χ1v) is 8.34. The summed E-state index contributed by atoms with van der Waals surface area (Å²) in [7, 11) is 3.36. The van der Waals surface area contributed by atoms with Crippen LogP contribution in [-0.2, 0) is 9.53 Å². The molecule has 1 saturated heterocycles. The number of likely N-dealkylation sites (tertiary alicyclic amines) is 1. The predicted octanol–water partition coefficient (Wildman–Crippen LogP) is 0.722. The van der Waals surface area contributed by atoms with Crippen molar-refractivity contribution in [2.45, 2.75) is 19.4 Å². The lowest BCUT2D eigenvalue weighted by molar-refractivity contribution is -0.120. The van der Waals surface area contributed by atoms with E-state index < -0.39 is 0 Å². The molecule has 2 rings (SSSR count). The van der Waals surface area contributed by atoms with Crippen LogP contribution in [0.3, 0.4) is 0 Å². The van der Waals surface area contributed by atoms with Gasteiger partial charge in [-0.1, -0.05) is 6.92 Å². The van der Waals surface area contributed by atoms with Crippen molar-refractivity contribution in [3.05, 3.63) is 18.7 Å². The van der Waals surface area contributed by atoms with Crippen LogP contribution in [0.5, 0.6) is 0 Å². The van der Waals surface area contributed by atoms with E-state index in [-0.39, 0.29) is 36.4 Å². The van der Waals surface area contributed by atoms with Crippen LogP contribution in [0.1, 0.15) is 19.4 Å². The molecule has 1 aliphatic heterocycles. The number of carbonyl (C=O) groups is 1. The van der Waals surface area contributed by atoms with Crippen LogP contribution in [0, 0.1) is 5.92 Å². The molecule has 2 N–H and O–H groups in total. The Balaban J connectivity index is 0.00000312. The number of ether oxygens (including phenoxy) is 1. The molecule has 1 aromatic heterocycles. The van der Waals surface area contributed by atoms with E-state index in [2.05, 4.69) is 37.0 Å². The van der Waals surface area contributed by atoms with E-state index in [4.69, 9.17) is 4.74 Å². The Bertz CT molecular complexity index is 537. The first kappa shape index (κ1) is 21.7. The zero-order valence-electron chi connectivity index (χ0n) is 15.1. The smallest absolute Gasteiger partial charge is 0.239 e. The number of piperidine rings is 1. The van der Waals surface area contributed by atoms with Gasteiger partial charge in [-0.15, -0.1) is 24.0 Å². The molecule has 0 spiro atoms. The minimum atomic E-state index is -0.0651. The summed E-state index contributed by atoms with van der Waals surface area (Å²) in [6.07, 6.45) is 6.75. The van der Waals surface area contributed by atoms with Crippen molar-refractivity contribution in [2.24, 2.45) is 10.9 Å². The van der Waals surface area contributed by atoms with E-state index in [1.54, 1.807) is 14.2 Å². The number of aliphatic imine (C=N–C) groups is 1. The highest BCUT2D eigenvalue weighted by atomic mass is 127. The maximum absolute atomic E-state index is 11.8. The van der Waals surface area contributed by atoms with Gasteiger partial charge < -0.3 is 24.8 Å².